The quantitative estimate of drug-likeness (QED) is 0.122. The van der Waals surface area contributed by atoms with Crippen LogP contribution >= 0.6 is 0 Å². The summed E-state index contributed by atoms with van der Waals surface area (Å²) in [4.78, 5) is 2.32. The molecule has 1 unspecified atom stereocenters. The number of aryl methyl sites for hydroxylation is 4. The fourth-order valence-electron chi connectivity index (χ4n) is 4.56. The normalized spacial score (nSPS) is 12.6. The molecule has 0 spiro atoms. The van der Waals surface area contributed by atoms with E-state index in [1.807, 2.05) is 95.5 Å². The van der Waals surface area contributed by atoms with E-state index in [9.17, 15) is 0 Å². The van der Waals surface area contributed by atoms with Gasteiger partial charge in [0.2, 0.25) is 0 Å². The van der Waals surface area contributed by atoms with Crippen LogP contribution in [0.2, 0.25) is 0 Å². The highest BCUT2D eigenvalue weighted by Gasteiger charge is 2.13. The average Bonchev–Trinajstić information content (AvgIpc) is 3.47. The van der Waals surface area contributed by atoms with Gasteiger partial charge in [0, 0.05) is 40.7 Å². The second-order valence-corrected chi connectivity index (χ2v) is 10.5. The predicted molar refractivity (Wildman–Crippen MR) is 163 cm³/mol. The second-order valence-electron chi connectivity index (χ2n) is 10.5. The monoisotopic (exact) mass is 557 g/mol. The third-order valence-electron chi connectivity index (χ3n) is 7.11. The lowest BCUT2D eigenvalue weighted by atomic mass is 10.1. The summed E-state index contributed by atoms with van der Waals surface area (Å²) >= 11 is 0. The van der Waals surface area contributed by atoms with E-state index >= 15 is 0 Å². The van der Waals surface area contributed by atoms with Crippen molar-refractivity contribution < 1.29 is 9.13 Å². The number of anilines is 2. The minimum absolute atomic E-state index is 0.505. The van der Waals surface area contributed by atoms with E-state index in [1.165, 1.54) is 0 Å². The Bertz CT molecular complexity index is 1390. The Hall–Kier alpha value is -4.38. The molecule has 0 saturated carbocycles. The Morgan fingerprint density at radius 2 is 1.15 bits per heavy atom. The van der Waals surface area contributed by atoms with Crippen molar-refractivity contribution in [3.8, 4) is 0 Å². The molecular weight excluding hydrogens is 514 g/mol. The van der Waals surface area contributed by atoms with Crippen molar-refractivity contribution in [2.75, 3.05) is 37.8 Å². The number of aromatic nitrogens is 4. The van der Waals surface area contributed by atoms with Gasteiger partial charge >= 0.3 is 11.9 Å². The minimum Gasteiger partial charge on any atom is -0.385 e. The maximum Gasteiger partial charge on any atom is 0.421 e. The Balaban J connectivity index is 1.16. The van der Waals surface area contributed by atoms with Gasteiger partial charge in [-0.3, -0.25) is 0 Å². The molecule has 0 amide bonds. The summed E-state index contributed by atoms with van der Waals surface area (Å²) in [5.41, 5.74) is 3.85. The van der Waals surface area contributed by atoms with E-state index in [2.05, 4.69) is 74.4 Å². The van der Waals surface area contributed by atoms with Gasteiger partial charge in [-0.2, -0.15) is 0 Å². The highest BCUT2D eigenvalue weighted by Crippen LogP contribution is 2.20. The molecule has 2 aromatic heterocycles. The zero-order valence-corrected chi connectivity index (χ0v) is 25.1. The Labute approximate surface area is 242 Å². The summed E-state index contributed by atoms with van der Waals surface area (Å²) in [5, 5.41) is 24.5. The summed E-state index contributed by atoms with van der Waals surface area (Å²) in [6.07, 6.45) is 11.1. The number of imidazole rings is 2. The maximum atomic E-state index is 4.37. The summed E-state index contributed by atoms with van der Waals surface area (Å²) in [5.74, 6) is 1.60. The lowest BCUT2D eigenvalue weighted by Crippen LogP contribution is -2.30. The molecule has 11 heteroatoms. The van der Waals surface area contributed by atoms with Gasteiger partial charge in [-0.25, -0.2) is 18.3 Å². The van der Waals surface area contributed by atoms with Gasteiger partial charge in [0.05, 0.1) is 53.0 Å². The fourth-order valence-corrected chi connectivity index (χ4v) is 4.56. The maximum absolute atomic E-state index is 4.37. The van der Waals surface area contributed by atoms with E-state index in [1.54, 1.807) is 0 Å². The van der Waals surface area contributed by atoms with Gasteiger partial charge in [-0.05, 0) is 81.9 Å². The minimum atomic E-state index is 0.505. The van der Waals surface area contributed by atoms with Crippen molar-refractivity contribution in [3.63, 3.8) is 0 Å². The van der Waals surface area contributed by atoms with Crippen LogP contribution in [0, 0.1) is 0 Å². The molecule has 0 aliphatic heterocycles. The molecule has 2 heterocycles. The third kappa shape index (κ3) is 8.55. The predicted octanol–water partition coefficient (Wildman–Crippen LogP) is 5.47. The second kappa shape index (κ2) is 14.3. The number of azo groups is 2. The SMILES string of the molecule is CN(C)C(CCCNc1ccc(N=Nc2n(C)cc[n+]2C)cc1)CCNc1ccc(N=Nc2n(C)cc[n+]2C)cc1. The summed E-state index contributed by atoms with van der Waals surface area (Å²) in [6, 6.07) is 16.7. The smallest absolute Gasteiger partial charge is 0.385 e. The van der Waals surface area contributed by atoms with Crippen molar-refractivity contribution in [2.45, 2.75) is 25.3 Å². The zero-order chi connectivity index (χ0) is 29.2. The fraction of sp³-hybridized carbons (Fsp3) is 0.400. The number of hydrogen-bond acceptors (Lipinski definition) is 7. The first kappa shape index (κ1) is 29.6. The first-order chi connectivity index (χ1) is 19.8. The number of nitrogens with one attached hydrogen (secondary N) is 2. The molecule has 4 aromatic rings. The Morgan fingerprint density at radius 3 is 1.56 bits per heavy atom. The van der Waals surface area contributed by atoms with Gasteiger partial charge in [0.25, 0.3) is 0 Å². The van der Waals surface area contributed by atoms with Crippen molar-refractivity contribution in [1.29, 1.82) is 0 Å². The number of rotatable bonds is 14. The largest absolute Gasteiger partial charge is 0.421 e. The van der Waals surface area contributed by atoms with Gasteiger partial charge in [0.1, 0.15) is 11.4 Å². The molecule has 0 aliphatic rings. The van der Waals surface area contributed by atoms with Crippen molar-refractivity contribution in [2.24, 2.45) is 48.6 Å². The van der Waals surface area contributed by atoms with Crippen LogP contribution in [0.15, 0.2) is 93.8 Å². The van der Waals surface area contributed by atoms with Gasteiger partial charge < -0.3 is 15.5 Å². The molecule has 2 N–H and O–H groups in total. The van der Waals surface area contributed by atoms with Gasteiger partial charge in [-0.1, -0.05) is 10.2 Å². The molecule has 0 saturated heterocycles. The highest BCUT2D eigenvalue weighted by atomic mass is 15.3. The Kier molecular flexibility index (Phi) is 10.3. The molecule has 41 heavy (non-hydrogen) atoms. The van der Waals surface area contributed by atoms with Crippen molar-refractivity contribution in [3.05, 3.63) is 73.3 Å². The molecule has 2 aromatic carbocycles. The topological polar surface area (TPSA) is 94.4 Å². The van der Waals surface area contributed by atoms with Crippen molar-refractivity contribution in [1.82, 2.24) is 14.0 Å². The zero-order valence-electron chi connectivity index (χ0n) is 25.1. The van der Waals surface area contributed by atoms with Crippen LogP contribution in [0.5, 0.6) is 0 Å². The van der Waals surface area contributed by atoms with Crippen LogP contribution < -0.4 is 19.8 Å². The third-order valence-corrected chi connectivity index (χ3v) is 7.11. The Morgan fingerprint density at radius 1 is 0.683 bits per heavy atom. The van der Waals surface area contributed by atoms with Crippen LogP contribution in [0.3, 0.4) is 0 Å². The van der Waals surface area contributed by atoms with Gasteiger partial charge in [0.15, 0.2) is 0 Å². The summed E-state index contributed by atoms with van der Waals surface area (Å²) in [6.45, 7) is 1.84. The van der Waals surface area contributed by atoms with Gasteiger partial charge in [-0.15, -0.1) is 0 Å². The van der Waals surface area contributed by atoms with Crippen LogP contribution in [0.1, 0.15) is 19.3 Å². The molecule has 0 aliphatic carbocycles. The van der Waals surface area contributed by atoms with Crippen LogP contribution in [0.25, 0.3) is 0 Å². The molecule has 1 atom stereocenters. The van der Waals surface area contributed by atoms with Crippen LogP contribution in [-0.4, -0.2) is 47.3 Å². The van der Waals surface area contributed by atoms with E-state index in [4.69, 9.17) is 0 Å². The van der Waals surface area contributed by atoms with E-state index < -0.39 is 0 Å². The lowest BCUT2D eigenvalue weighted by Gasteiger charge is -2.25. The number of benzene rings is 2. The lowest BCUT2D eigenvalue weighted by molar-refractivity contribution is -0.657. The standard InChI is InChI=1S/C30H41N11/c1-37(2)28(17-19-32-25-11-15-27(16-12-25)34-36-30-40(5)22-23-41(30)6)8-7-18-31-24-9-13-26(14-10-24)33-35-29-38(3)20-21-39(29)4/h9-16,20-23,28H,7-8,17-19H2,1-6H3/p+2. The molecule has 4 rings (SSSR count). The molecular formula is C30H43N11+2. The number of hydrogen-bond donors (Lipinski definition) is 2. The first-order valence-electron chi connectivity index (χ1n) is 14.0. The van der Waals surface area contributed by atoms with E-state index in [-0.39, 0.29) is 0 Å². The number of nitrogens with zero attached hydrogens (tertiary/aromatic N) is 9. The average molecular weight is 558 g/mol. The van der Waals surface area contributed by atoms with Crippen LogP contribution in [0.4, 0.5) is 34.6 Å². The molecule has 216 valence electrons. The van der Waals surface area contributed by atoms with E-state index in [0.717, 1.165) is 67.0 Å². The molecule has 0 radical (unpaired) electrons. The highest BCUT2D eigenvalue weighted by molar-refractivity contribution is 5.51. The summed E-state index contributed by atoms with van der Waals surface area (Å²) < 4.78 is 7.76. The molecule has 11 nitrogen and oxygen atoms in total. The molecule has 0 bridgehead atoms. The molecule has 0 fully saturated rings. The van der Waals surface area contributed by atoms with Crippen molar-refractivity contribution >= 4 is 34.6 Å². The van der Waals surface area contributed by atoms with Crippen LogP contribution in [-0.2, 0) is 28.2 Å². The first-order valence-corrected chi connectivity index (χ1v) is 14.0. The van der Waals surface area contributed by atoms with E-state index in [0.29, 0.717) is 6.04 Å². The summed E-state index contributed by atoms with van der Waals surface area (Å²) in [7, 11) is 12.2.